The number of carbonyl (C=O) groups is 1. The van der Waals surface area contributed by atoms with Gasteiger partial charge in [-0.2, -0.15) is 5.10 Å². The molecule has 1 aliphatic carbocycles. The van der Waals surface area contributed by atoms with Crippen LogP contribution in [0.4, 0.5) is 10.7 Å². The number of thiophene rings is 1. The number of hydrogen-bond acceptors (Lipinski definition) is 5. The Kier molecular flexibility index (Phi) is 3.71. The molecule has 0 saturated heterocycles. The van der Waals surface area contributed by atoms with Crippen LogP contribution >= 0.6 is 11.3 Å². The largest absolute Gasteiger partial charge is 0.397 e. The molecule has 2 aromatic rings. The Bertz CT molecular complexity index is 643. The Morgan fingerprint density at radius 2 is 2.38 bits per heavy atom. The first-order valence-electron chi connectivity index (χ1n) is 7.32. The van der Waals surface area contributed by atoms with Crippen LogP contribution in [0.25, 0.3) is 0 Å². The van der Waals surface area contributed by atoms with Gasteiger partial charge in [0.2, 0.25) is 0 Å². The van der Waals surface area contributed by atoms with Crippen LogP contribution in [0.15, 0.2) is 12.4 Å². The first-order valence-corrected chi connectivity index (χ1v) is 8.14. The van der Waals surface area contributed by atoms with Crippen molar-refractivity contribution in [1.29, 1.82) is 0 Å². The van der Waals surface area contributed by atoms with Crippen molar-refractivity contribution >= 4 is 27.8 Å². The Labute approximate surface area is 127 Å². The van der Waals surface area contributed by atoms with Crippen molar-refractivity contribution in [2.75, 3.05) is 11.1 Å². The first-order chi connectivity index (χ1) is 10.1. The molecule has 2 heterocycles. The van der Waals surface area contributed by atoms with Gasteiger partial charge in [0.05, 0.1) is 27.8 Å². The molecular formula is C15H20N4OS. The van der Waals surface area contributed by atoms with Crippen LogP contribution in [0.3, 0.4) is 0 Å². The molecule has 2 aromatic heterocycles. The molecule has 1 unspecified atom stereocenters. The van der Waals surface area contributed by atoms with Gasteiger partial charge in [0, 0.05) is 23.7 Å². The number of aromatic amines is 1. The summed E-state index contributed by atoms with van der Waals surface area (Å²) in [5.74, 6) is 0.641. The summed E-state index contributed by atoms with van der Waals surface area (Å²) in [5, 5.41) is 11.3. The average Bonchev–Trinajstić information content (AvgIpc) is 3.04. The maximum atomic E-state index is 12.0. The van der Waals surface area contributed by atoms with Crippen molar-refractivity contribution in [3.8, 4) is 0 Å². The number of nitrogens with one attached hydrogen (secondary N) is 2. The van der Waals surface area contributed by atoms with E-state index in [0.717, 1.165) is 29.0 Å². The lowest BCUT2D eigenvalue weighted by Gasteiger charge is -2.13. The molecule has 0 radical (unpaired) electrons. The molecule has 4 N–H and O–H groups in total. The number of nitrogen functional groups attached to an aromatic ring is 1. The van der Waals surface area contributed by atoms with E-state index in [1.165, 1.54) is 11.3 Å². The zero-order chi connectivity index (χ0) is 15.0. The molecule has 112 valence electrons. The highest BCUT2D eigenvalue weighted by molar-refractivity contribution is 7.18. The fraction of sp³-hybridized carbons (Fsp3) is 0.467. The van der Waals surface area contributed by atoms with Crippen LogP contribution in [0.1, 0.15) is 65.9 Å². The quantitative estimate of drug-likeness (QED) is 0.711. The van der Waals surface area contributed by atoms with E-state index in [-0.39, 0.29) is 11.8 Å². The molecule has 0 spiro atoms. The van der Waals surface area contributed by atoms with Crippen molar-refractivity contribution in [2.45, 2.75) is 45.1 Å². The molecule has 1 saturated carbocycles. The number of nitrogens with two attached hydrogens (primary N) is 1. The lowest BCUT2D eigenvalue weighted by molar-refractivity contribution is 0.0993. The molecule has 0 bridgehead atoms. The second kappa shape index (κ2) is 5.52. The number of aromatic nitrogens is 2. The lowest BCUT2D eigenvalue weighted by atomic mass is 10.1. The fourth-order valence-corrected chi connectivity index (χ4v) is 3.79. The highest BCUT2D eigenvalue weighted by Gasteiger charge is 2.33. The van der Waals surface area contributed by atoms with Gasteiger partial charge in [0.15, 0.2) is 5.78 Å². The summed E-state index contributed by atoms with van der Waals surface area (Å²) in [4.78, 5) is 12.8. The van der Waals surface area contributed by atoms with Gasteiger partial charge >= 0.3 is 0 Å². The van der Waals surface area contributed by atoms with Crippen LogP contribution in [-0.4, -0.2) is 16.0 Å². The summed E-state index contributed by atoms with van der Waals surface area (Å²) in [5.41, 5.74) is 9.17. The predicted molar refractivity (Wildman–Crippen MR) is 86.0 cm³/mol. The van der Waals surface area contributed by atoms with Crippen LogP contribution in [0.2, 0.25) is 0 Å². The van der Waals surface area contributed by atoms with Gasteiger partial charge in [-0.1, -0.05) is 6.92 Å². The van der Waals surface area contributed by atoms with E-state index in [2.05, 4.69) is 22.4 Å². The Morgan fingerprint density at radius 1 is 1.62 bits per heavy atom. The predicted octanol–water partition coefficient (Wildman–Crippen LogP) is 3.70. The smallest absolute Gasteiger partial charge is 0.174 e. The van der Waals surface area contributed by atoms with Crippen molar-refractivity contribution in [3.05, 3.63) is 28.4 Å². The molecule has 6 heteroatoms. The van der Waals surface area contributed by atoms with E-state index in [1.54, 1.807) is 0 Å². The second-order valence-corrected chi connectivity index (χ2v) is 6.56. The van der Waals surface area contributed by atoms with E-state index >= 15 is 0 Å². The Balaban J connectivity index is 1.92. The lowest BCUT2D eigenvalue weighted by Crippen LogP contribution is -2.06. The van der Waals surface area contributed by atoms with E-state index in [1.807, 2.05) is 19.3 Å². The number of H-pyrrole nitrogens is 1. The molecule has 21 heavy (non-hydrogen) atoms. The molecule has 0 amide bonds. The average molecular weight is 304 g/mol. The Morgan fingerprint density at radius 3 is 2.95 bits per heavy atom. The molecule has 5 nitrogen and oxygen atoms in total. The molecule has 1 atom stereocenters. The number of hydrogen-bond donors (Lipinski definition) is 3. The number of carbonyl (C=O) groups excluding carboxylic acids is 1. The maximum Gasteiger partial charge on any atom is 0.174 e. The van der Waals surface area contributed by atoms with Gasteiger partial charge < -0.3 is 11.1 Å². The molecule has 3 rings (SSSR count). The SMILES string of the molecule is CCC(=O)c1sc(NC(C)c2cn[nH]c2)c(C2CC2)c1N. The van der Waals surface area contributed by atoms with E-state index in [9.17, 15) is 4.79 Å². The van der Waals surface area contributed by atoms with E-state index in [4.69, 9.17) is 5.73 Å². The van der Waals surface area contributed by atoms with Crippen LogP contribution in [0, 0.1) is 0 Å². The second-order valence-electron chi connectivity index (χ2n) is 5.54. The van der Waals surface area contributed by atoms with Crippen molar-refractivity contribution in [1.82, 2.24) is 10.2 Å². The van der Waals surface area contributed by atoms with Crippen molar-refractivity contribution in [2.24, 2.45) is 0 Å². The summed E-state index contributed by atoms with van der Waals surface area (Å²) in [6, 6.07) is 0.129. The van der Waals surface area contributed by atoms with Gasteiger partial charge in [-0.25, -0.2) is 0 Å². The van der Waals surface area contributed by atoms with Gasteiger partial charge in [-0.15, -0.1) is 11.3 Å². The molecule has 0 aromatic carbocycles. The molecule has 1 fully saturated rings. The van der Waals surface area contributed by atoms with E-state index < -0.39 is 0 Å². The van der Waals surface area contributed by atoms with Crippen LogP contribution in [-0.2, 0) is 0 Å². The minimum Gasteiger partial charge on any atom is -0.397 e. The molecule has 0 aliphatic heterocycles. The zero-order valence-electron chi connectivity index (χ0n) is 12.3. The third kappa shape index (κ3) is 2.68. The zero-order valence-corrected chi connectivity index (χ0v) is 13.1. The summed E-state index contributed by atoms with van der Waals surface area (Å²) >= 11 is 1.50. The standard InChI is InChI=1S/C15H20N4OS/c1-3-11(20)14-13(16)12(9-4-5-9)15(21-14)19-8(2)10-6-17-18-7-10/h6-9,19H,3-5,16H2,1-2H3,(H,17,18). The number of nitrogens with zero attached hydrogens (tertiary/aromatic N) is 1. The van der Waals surface area contributed by atoms with Gasteiger partial charge in [-0.3, -0.25) is 9.89 Å². The highest BCUT2D eigenvalue weighted by atomic mass is 32.1. The van der Waals surface area contributed by atoms with Gasteiger partial charge in [0.25, 0.3) is 0 Å². The minimum absolute atomic E-state index is 0.128. The van der Waals surface area contributed by atoms with Gasteiger partial charge in [0.1, 0.15) is 0 Å². The molecular weight excluding hydrogens is 284 g/mol. The van der Waals surface area contributed by atoms with Crippen molar-refractivity contribution < 1.29 is 4.79 Å². The topological polar surface area (TPSA) is 83.8 Å². The molecule has 1 aliphatic rings. The maximum absolute atomic E-state index is 12.0. The minimum atomic E-state index is 0.128. The summed E-state index contributed by atoms with van der Waals surface area (Å²) in [7, 11) is 0. The monoisotopic (exact) mass is 304 g/mol. The third-order valence-electron chi connectivity index (χ3n) is 3.91. The summed E-state index contributed by atoms with van der Waals surface area (Å²) in [6.07, 6.45) is 6.50. The van der Waals surface area contributed by atoms with Crippen LogP contribution < -0.4 is 11.1 Å². The highest BCUT2D eigenvalue weighted by Crippen LogP contribution is 2.51. The summed E-state index contributed by atoms with van der Waals surface area (Å²) in [6.45, 7) is 3.96. The number of anilines is 2. The number of rotatable bonds is 6. The third-order valence-corrected chi connectivity index (χ3v) is 5.10. The number of ketones is 1. The fourth-order valence-electron chi connectivity index (χ4n) is 2.49. The van der Waals surface area contributed by atoms with Crippen molar-refractivity contribution in [3.63, 3.8) is 0 Å². The first kappa shape index (κ1) is 14.1. The van der Waals surface area contributed by atoms with Gasteiger partial charge in [-0.05, 0) is 25.7 Å². The van der Waals surface area contributed by atoms with Crippen LogP contribution in [0.5, 0.6) is 0 Å². The normalized spacial score (nSPS) is 15.9. The number of Topliss-reactive ketones (excluding diaryl/α,β-unsaturated/α-hetero) is 1. The summed E-state index contributed by atoms with van der Waals surface area (Å²) < 4.78 is 0. The van der Waals surface area contributed by atoms with E-state index in [0.29, 0.717) is 22.9 Å². The Hall–Kier alpha value is -1.82.